The first-order chi connectivity index (χ1) is 10.1. The number of carbonyl (C=O) groups is 1. The molecule has 0 bridgehead atoms. The molecule has 1 aromatic heterocycles. The summed E-state index contributed by atoms with van der Waals surface area (Å²) in [4.78, 5) is 12.2. The Morgan fingerprint density at radius 3 is 2.81 bits per heavy atom. The van der Waals surface area contributed by atoms with E-state index in [0.717, 1.165) is 30.0 Å². The van der Waals surface area contributed by atoms with E-state index in [2.05, 4.69) is 27.8 Å². The van der Waals surface area contributed by atoms with Crippen molar-refractivity contribution < 1.29 is 4.79 Å². The minimum atomic E-state index is -0.0995. The molecule has 1 aromatic carbocycles. The minimum Gasteiger partial charge on any atom is -0.385 e. The number of benzene rings is 1. The Balaban J connectivity index is 2.00. The fraction of sp³-hybridized carbons (Fsp3) is 0.400. The van der Waals surface area contributed by atoms with Crippen molar-refractivity contribution in [1.82, 2.24) is 20.1 Å². The molecule has 0 unspecified atom stereocenters. The van der Waals surface area contributed by atoms with Crippen LogP contribution in [0.2, 0.25) is 0 Å². The third kappa shape index (κ3) is 3.81. The lowest BCUT2D eigenvalue weighted by Gasteiger charge is -2.10. The van der Waals surface area contributed by atoms with Gasteiger partial charge < -0.3 is 15.2 Å². The summed E-state index contributed by atoms with van der Waals surface area (Å²) in [6, 6.07) is 5.77. The van der Waals surface area contributed by atoms with Gasteiger partial charge in [-0.2, -0.15) is 0 Å². The molecule has 1 heterocycles. The summed E-state index contributed by atoms with van der Waals surface area (Å²) in [6.07, 6.45) is 2.68. The first-order valence-corrected chi connectivity index (χ1v) is 7.07. The normalized spacial score (nSPS) is 10.4. The van der Waals surface area contributed by atoms with Gasteiger partial charge in [-0.05, 0) is 37.1 Å². The molecule has 2 N–H and O–H groups in total. The first-order valence-electron chi connectivity index (χ1n) is 7.07. The molecule has 1 amide bonds. The van der Waals surface area contributed by atoms with Crippen LogP contribution in [-0.4, -0.2) is 27.2 Å². The van der Waals surface area contributed by atoms with Gasteiger partial charge in [0.1, 0.15) is 6.33 Å². The average Bonchev–Trinajstić information content (AvgIpc) is 2.88. The van der Waals surface area contributed by atoms with Crippen molar-refractivity contribution in [2.45, 2.75) is 26.8 Å². The van der Waals surface area contributed by atoms with Crippen LogP contribution in [0.25, 0.3) is 0 Å². The number of nitrogens with one attached hydrogen (secondary N) is 2. The van der Waals surface area contributed by atoms with E-state index in [1.54, 1.807) is 10.9 Å². The highest BCUT2D eigenvalue weighted by Crippen LogP contribution is 2.15. The lowest BCUT2D eigenvalue weighted by atomic mass is 10.1. The van der Waals surface area contributed by atoms with Gasteiger partial charge in [0.25, 0.3) is 5.91 Å². The second-order valence-electron chi connectivity index (χ2n) is 5.00. The monoisotopic (exact) mass is 287 g/mol. The third-order valence-corrected chi connectivity index (χ3v) is 3.26. The number of nitrogens with zero attached hydrogens (tertiary/aromatic N) is 3. The number of hydrogen-bond donors (Lipinski definition) is 2. The van der Waals surface area contributed by atoms with E-state index >= 15 is 0 Å². The lowest BCUT2D eigenvalue weighted by molar-refractivity contribution is 0.0949. The topological polar surface area (TPSA) is 71.8 Å². The van der Waals surface area contributed by atoms with Crippen molar-refractivity contribution in [2.24, 2.45) is 7.05 Å². The van der Waals surface area contributed by atoms with E-state index in [0.29, 0.717) is 12.1 Å². The van der Waals surface area contributed by atoms with E-state index in [-0.39, 0.29) is 5.91 Å². The van der Waals surface area contributed by atoms with Crippen molar-refractivity contribution in [2.75, 3.05) is 11.9 Å². The average molecular weight is 287 g/mol. The molecule has 0 aliphatic rings. The Labute approximate surface area is 124 Å². The number of rotatable bonds is 6. The molecule has 0 aliphatic carbocycles. The standard InChI is InChI=1S/C15H21N5O/c1-4-7-16-12-5-6-13(11(2)8-12)15(21)17-9-14-19-18-10-20(14)3/h5-6,8,10,16H,4,7,9H2,1-3H3,(H,17,21). The summed E-state index contributed by atoms with van der Waals surface area (Å²) in [5.74, 6) is 0.625. The molecule has 0 saturated carbocycles. The second kappa shape index (κ2) is 6.88. The highest BCUT2D eigenvalue weighted by atomic mass is 16.1. The van der Waals surface area contributed by atoms with Crippen LogP contribution < -0.4 is 10.6 Å². The Bertz CT molecular complexity index is 620. The van der Waals surface area contributed by atoms with Crippen molar-refractivity contribution in [1.29, 1.82) is 0 Å². The van der Waals surface area contributed by atoms with Crippen LogP contribution in [0.15, 0.2) is 24.5 Å². The zero-order chi connectivity index (χ0) is 15.2. The number of hydrogen-bond acceptors (Lipinski definition) is 4. The zero-order valence-corrected chi connectivity index (χ0v) is 12.7. The van der Waals surface area contributed by atoms with Crippen LogP contribution in [0.3, 0.4) is 0 Å². The zero-order valence-electron chi connectivity index (χ0n) is 12.7. The Morgan fingerprint density at radius 1 is 1.38 bits per heavy atom. The fourth-order valence-electron chi connectivity index (χ4n) is 2.02. The molecule has 0 fully saturated rings. The van der Waals surface area contributed by atoms with Gasteiger partial charge in [-0.25, -0.2) is 0 Å². The molecule has 2 aromatic rings. The molecule has 0 saturated heterocycles. The molecule has 0 atom stereocenters. The predicted molar refractivity (Wildman–Crippen MR) is 82.1 cm³/mol. The number of aryl methyl sites for hydroxylation is 2. The van der Waals surface area contributed by atoms with Crippen molar-refractivity contribution >= 4 is 11.6 Å². The predicted octanol–water partition coefficient (Wildman–Crippen LogP) is 1.88. The quantitative estimate of drug-likeness (QED) is 0.851. The molecule has 0 aliphatic heterocycles. The van der Waals surface area contributed by atoms with E-state index in [4.69, 9.17) is 0 Å². The fourth-order valence-corrected chi connectivity index (χ4v) is 2.02. The van der Waals surface area contributed by atoms with E-state index < -0.39 is 0 Å². The Kier molecular flexibility index (Phi) is 4.92. The van der Waals surface area contributed by atoms with Crippen LogP contribution in [0.5, 0.6) is 0 Å². The highest BCUT2D eigenvalue weighted by molar-refractivity contribution is 5.96. The number of aromatic nitrogens is 3. The third-order valence-electron chi connectivity index (χ3n) is 3.26. The molecule has 112 valence electrons. The summed E-state index contributed by atoms with van der Waals surface area (Å²) in [5.41, 5.74) is 2.67. The van der Waals surface area contributed by atoms with Gasteiger partial charge >= 0.3 is 0 Å². The molecule has 21 heavy (non-hydrogen) atoms. The largest absolute Gasteiger partial charge is 0.385 e. The molecular formula is C15H21N5O. The Hall–Kier alpha value is -2.37. The van der Waals surface area contributed by atoms with Crippen LogP contribution in [0, 0.1) is 6.92 Å². The molecule has 0 spiro atoms. The number of anilines is 1. The van der Waals surface area contributed by atoms with Crippen LogP contribution in [0.4, 0.5) is 5.69 Å². The summed E-state index contributed by atoms with van der Waals surface area (Å²) in [5, 5.41) is 13.9. The van der Waals surface area contributed by atoms with Gasteiger partial charge in [0.15, 0.2) is 5.82 Å². The van der Waals surface area contributed by atoms with Gasteiger partial charge in [-0.1, -0.05) is 6.92 Å². The van der Waals surface area contributed by atoms with Gasteiger partial charge in [-0.15, -0.1) is 10.2 Å². The molecule has 2 rings (SSSR count). The number of amides is 1. The van der Waals surface area contributed by atoms with Crippen LogP contribution in [-0.2, 0) is 13.6 Å². The maximum atomic E-state index is 12.2. The summed E-state index contributed by atoms with van der Waals surface area (Å²) >= 11 is 0. The SMILES string of the molecule is CCCNc1ccc(C(=O)NCc2nncn2C)c(C)c1. The van der Waals surface area contributed by atoms with Crippen LogP contribution in [0.1, 0.15) is 35.1 Å². The molecule has 6 nitrogen and oxygen atoms in total. The van der Waals surface area contributed by atoms with Gasteiger partial charge in [0.05, 0.1) is 6.54 Å². The molecule has 6 heteroatoms. The lowest BCUT2D eigenvalue weighted by Crippen LogP contribution is -2.25. The van der Waals surface area contributed by atoms with E-state index in [1.807, 2.05) is 32.2 Å². The van der Waals surface area contributed by atoms with Crippen molar-refractivity contribution in [3.05, 3.63) is 41.5 Å². The maximum Gasteiger partial charge on any atom is 0.251 e. The van der Waals surface area contributed by atoms with E-state index in [9.17, 15) is 4.79 Å². The first kappa shape index (κ1) is 15.0. The Morgan fingerprint density at radius 2 is 2.19 bits per heavy atom. The van der Waals surface area contributed by atoms with Gasteiger partial charge in [-0.3, -0.25) is 4.79 Å². The van der Waals surface area contributed by atoms with E-state index in [1.165, 1.54) is 0 Å². The smallest absolute Gasteiger partial charge is 0.251 e. The molecule has 0 radical (unpaired) electrons. The second-order valence-corrected chi connectivity index (χ2v) is 5.00. The summed E-state index contributed by atoms with van der Waals surface area (Å²) in [7, 11) is 1.85. The van der Waals surface area contributed by atoms with Crippen LogP contribution >= 0.6 is 0 Å². The van der Waals surface area contributed by atoms with Gasteiger partial charge in [0, 0.05) is 24.8 Å². The maximum absolute atomic E-state index is 12.2. The summed E-state index contributed by atoms with van der Waals surface area (Å²) < 4.78 is 1.78. The van der Waals surface area contributed by atoms with Crippen molar-refractivity contribution in [3.63, 3.8) is 0 Å². The van der Waals surface area contributed by atoms with Gasteiger partial charge in [0.2, 0.25) is 0 Å². The molecular weight excluding hydrogens is 266 g/mol. The van der Waals surface area contributed by atoms with Crippen molar-refractivity contribution in [3.8, 4) is 0 Å². The highest BCUT2D eigenvalue weighted by Gasteiger charge is 2.10. The summed E-state index contributed by atoms with van der Waals surface area (Å²) in [6.45, 7) is 5.35. The minimum absolute atomic E-state index is 0.0995. The number of carbonyl (C=O) groups excluding carboxylic acids is 1.